The van der Waals surface area contributed by atoms with Crippen molar-refractivity contribution in [3.63, 3.8) is 0 Å². The lowest BCUT2D eigenvalue weighted by atomic mass is 9.92. The van der Waals surface area contributed by atoms with Crippen molar-refractivity contribution >= 4 is 5.97 Å². The average Bonchev–Trinajstić information content (AvgIpc) is 2.66. The molecule has 1 aliphatic rings. The summed E-state index contributed by atoms with van der Waals surface area (Å²) >= 11 is 0. The quantitative estimate of drug-likeness (QED) is 0.617. The van der Waals surface area contributed by atoms with E-state index in [1.807, 2.05) is 30.3 Å². The topological polar surface area (TPSA) is 50.1 Å². The Morgan fingerprint density at radius 2 is 1.74 bits per heavy atom. The van der Waals surface area contributed by atoms with Crippen molar-refractivity contribution in [1.29, 1.82) is 0 Å². The Kier molecular flexibility index (Phi) is 4.97. The maximum atomic E-state index is 12.1. The molecule has 1 aromatic rings. The van der Waals surface area contributed by atoms with Crippen LogP contribution in [0.15, 0.2) is 30.3 Å². The van der Waals surface area contributed by atoms with Gasteiger partial charge < -0.3 is 4.74 Å². The number of ether oxygens (including phenoxy) is 1. The minimum atomic E-state index is -0.993. The molecule has 3 nitrogen and oxygen atoms in total. The van der Waals surface area contributed by atoms with Crippen LogP contribution in [0.2, 0.25) is 0 Å². The van der Waals surface area contributed by atoms with Gasteiger partial charge in [-0.2, -0.15) is 0 Å². The summed E-state index contributed by atoms with van der Waals surface area (Å²) in [4.78, 5) is 12.1. The van der Waals surface area contributed by atoms with Gasteiger partial charge in [0.05, 0.1) is 6.61 Å². The lowest BCUT2D eigenvalue weighted by Gasteiger charge is -2.24. The van der Waals surface area contributed by atoms with Gasteiger partial charge in [0.2, 0.25) is 0 Å². The predicted octanol–water partition coefficient (Wildman–Crippen LogP) is 3.15. The van der Waals surface area contributed by atoms with Crippen molar-refractivity contribution < 1.29 is 9.53 Å². The summed E-state index contributed by atoms with van der Waals surface area (Å²) in [5.74, 6) is -0.328. The van der Waals surface area contributed by atoms with E-state index >= 15 is 0 Å². The molecular weight excluding hydrogens is 238 g/mol. The number of rotatable bonds is 4. The summed E-state index contributed by atoms with van der Waals surface area (Å²) in [6, 6.07) is 9.98. The van der Waals surface area contributed by atoms with Crippen LogP contribution in [0.1, 0.15) is 44.1 Å². The second-order valence-corrected chi connectivity index (χ2v) is 5.37. The van der Waals surface area contributed by atoms with Gasteiger partial charge in [-0.25, -0.2) is 10.5 Å². The summed E-state index contributed by atoms with van der Waals surface area (Å²) in [5, 5.41) is 0. The third-order valence-corrected chi connectivity index (χ3v) is 3.81. The molecule has 0 aromatic heterocycles. The maximum Gasteiger partial charge on any atom is 0.327 e. The van der Waals surface area contributed by atoms with Crippen LogP contribution in [-0.4, -0.2) is 18.1 Å². The molecule has 1 fully saturated rings. The number of esters is 1. The summed E-state index contributed by atoms with van der Waals surface area (Å²) in [6.07, 6.45) is 6.24. The van der Waals surface area contributed by atoms with Crippen LogP contribution < -0.4 is 5.73 Å². The fourth-order valence-corrected chi connectivity index (χ4v) is 2.58. The van der Waals surface area contributed by atoms with E-state index < -0.39 is 5.54 Å². The first-order chi connectivity index (χ1) is 9.21. The van der Waals surface area contributed by atoms with E-state index in [-0.39, 0.29) is 5.97 Å². The third-order valence-electron chi connectivity index (χ3n) is 3.81. The minimum Gasteiger partial charge on any atom is -0.464 e. The summed E-state index contributed by atoms with van der Waals surface area (Å²) in [6.45, 7) is 0.378. The van der Waals surface area contributed by atoms with Gasteiger partial charge in [-0.05, 0) is 18.4 Å². The highest BCUT2D eigenvalue weighted by atomic mass is 16.5. The second kappa shape index (κ2) is 6.71. The van der Waals surface area contributed by atoms with Crippen molar-refractivity contribution in [1.82, 2.24) is 5.73 Å². The molecule has 0 bridgehead atoms. The molecule has 0 saturated heterocycles. The monoisotopic (exact) mass is 260 g/mol. The molecule has 0 heterocycles. The van der Waals surface area contributed by atoms with Gasteiger partial charge in [-0.3, -0.25) is 0 Å². The lowest BCUT2D eigenvalue weighted by molar-refractivity contribution is -0.151. The zero-order chi connectivity index (χ0) is 13.6. The number of carbonyl (C=O) groups excluding carboxylic acids is 1. The lowest BCUT2D eigenvalue weighted by Crippen LogP contribution is -2.41. The highest BCUT2D eigenvalue weighted by molar-refractivity contribution is 5.80. The van der Waals surface area contributed by atoms with E-state index in [4.69, 9.17) is 10.5 Å². The fraction of sp³-hybridized carbons (Fsp3) is 0.562. The molecule has 1 N–H and O–H groups in total. The van der Waals surface area contributed by atoms with Crippen LogP contribution in [0, 0.1) is 0 Å². The smallest absolute Gasteiger partial charge is 0.327 e. The van der Waals surface area contributed by atoms with Crippen LogP contribution in [-0.2, 0) is 16.0 Å². The molecular formula is C16H22NO2. The van der Waals surface area contributed by atoms with E-state index in [1.165, 1.54) is 0 Å². The third kappa shape index (κ3) is 4.06. The standard InChI is InChI=1S/C16H22NO2/c17-16(11-6-1-2-7-12-16)15(18)19-13-10-14-8-4-3-5-9-14/h3-5,8-9,17H,1-2,6-7,10-13H2. The Balaban J connectivity index is 1.80. The van der Waals surface area contributed by atoms with E-state index in [2.05, 4.69) is 0 Å². The SMILES string of the molecule is [NH]C1(C(=O)OCCc2ccccc2)CCCCCC1. The van der Waals surface area contributed by atoms with E-state index in [9.17, 15) is 4.79 Å². The molecule has 2 rings (SSSR count). The van der Waals surface area contributed by atoms with Gasteiger partial charge >= 0.3 is 5.97 Å². The average molecular weight is 260 g/mol. The highest BCUT2D eigenvalue weighted by Crippen LogP contribution is 2.27. The molecule has 0 atom stereocenters. The van der Waals surface area contributed by atoms with E-state index in [0.717, 1.165) is 37.7 Å². The molecule has 3 heteroatoms. The number of benzene rings is 1. The first-order valence-corrected chi connectivity index (χ1v) is 7.17. The number of hydrogen-bond donors (Lipinski definition) is 0. The Morgan fingerprint density at radius 1 is 1.11 bits per heavy atom. The molecule has 1 aromatic carbocycles. The van der Waals surface area contributed by atoms with Gasteiger partial charge in [0, 0.05) is 6.42 Å². The molecule has 0 aliphatic heterocycles. The predicted molar refractivity (Wildman–Crippen MR) is 74.6 cm³/mol. The zero-order valence-electron chi connectivity index (χ0n) is 11.4. The van der Waals surface area contributed by atoms with Crippen LogP contribution in [0.25, 0.3) is 0 Å². The minimum absolute atomic E-state index is 0.328. The molecule has 103 valence electrons. The Hall–Kier alpha value is -1.35. The second-order valence-electron chi connectivity index (χ2n) is 5.37. The van der Waals surface area contributed by atoms with Crippen LogP contribution >= 0.6 is 0 Å². The van der Waals surface area contributed by atoms with Gasteiger partial charge in [0.1, 0.15) is 5.54 Å². The first-order valence-electron chi connectivity index (χ1n) is 7.17. The summed E-state index contributed by atoms with van der Waals surface area (Å²) in [5.41, 5.74) is 8.44. The van der Waals surface area contributed by atoms with Crippen molar-refractivity contribution in [3.8, 4) is 0 Å². The van der Waals surface area contributed by atoms with Crippen molar-refractivity contribution in [2.75, 3.05) is 6.61 Å². The van der Waals surface area contributed by atoms with E-state index in [0.29, 0.717) is 19.4 Å². The van der Waals surface area contributed by atoms with Crippen LogP contribution in [0.5, 0.6) is 0 Å². The molecule has 0 spiro atoms. The Labute approximate surface area is 115 Å². The normalized spacial score (nSPS) is 18.6. The molecule has 1 saturated carbocycles. The Bertz CT molecular complexity index is 394. The number of nitrogens with one attached hydrogen (secondary N) is 1. The molecule has 19 heavy (non-hydrogen) atoms. The van der Waals surface area contributed by atoms with E-state index in [1.54, 1.807) is 0 Å². The van der Waals surface area contributed by atoms with Gasteiger partial charge in [0.15, 0.2) is 0 Å². The molecule has 1 aliphatic carbocycles. The van der Waals surface area contributed by atoms with Crippen LogP contribution in [0.3, 0.4) is 0 Å². The van der Waals surface area contributed by atoms with Crippen LogP contribution in [0.4, 0.5) is 0 Å². The molecule has 0 amide bonds. The first kappa shape index (κ1) is 14.1. The highest BCUT2D eigenvalue weighted by Gasteiger charge is 2.36. The molecule has 1 radical (unpaired) electrons. The fourth-order valence-electron chi connectivity index (χ4n) is 2.58. The Morgan fingerprint density at radius 3 is 2.37 bits per heavy atom. The molecule has 0 unspecified atom stereocenters. The summed E-state index contributed by atoms with van der Waals surface area (Å²) in [7, 11) is 0. The summed E-state index contributed by atoms with van der Waals surface area (Å²) < 4.78 is 5.32. The van der Waals surface area contributed by atoms with Gasteiger partial charge in [-0.15, -0.1) is 0 Å². The van der Waals surface area contributed by atoms with Gasteiger partial charge in [-0.1, -0.05) is 56.0 Å². The van der Waals surface area contributed by atoms with Crippen molar-refractivity contribution in [3.05, 3.63) is 35.9 Å². The number of carbonyl (C=O) groups is 1. The zero-order valence-corrected chi connectivity index (χ0v) is 11.4. The van der Waals surface area contributed by atoms with Crippen molar-refractivity contribution in [2.24, 2.45) is 0 Å². The largest absolute Gasteiger partial charge is 0.464 e. The maximum absolute atomic E-state index is 12.1. The number of hydrogen-bond acceptors (Lipinski definition) is 2. The van der Waals surface area contributed by atoms with Crippen molar-refractivity contribution in [2.45, 2.75) is 50.5 Å². The van der Waals surface area contributed by atoms with Gasteiger partial charge in [0.25, 0.3) is 0 Å².